The lowest BCUT2D eigenvalue weighted by Crippen LogP contribution is -2.34. The average Bonchev–Trinajstić information content (AvgIpc) is 2.26. The van der Waals surface area contributed by atoms with Crippen LogP contribution in [0, 0.1) is 13.8 Å². The van der Waals surface area contributed by atoms with Crippen molar-refractivity contribution in [1.29, 1.82) is 0 Å². The topological polar surface area (TPSA) is 32.5 Å². The summed E-state index contributed by atoms with van der Waals surface area (Å²) >= 11 is 0. The number of benzene rings is 1. The summed E-state index contributed by atoms with van der Waals surface area (Å²) in [7, 11) is 6.32. The Hall–Kier alpha value is -0.900. The van der Waals surface area contributed by atoms with Gasteiger partial charge in [0.15, 0.2) is 0 Å². The quantitative estimate of drug-likeness (QED) is 0.834. The average molecular weight is 249 g/mol. The van der Waals surface area contributed by atoms with Gasteiger partial charge < -0.3 is 15.5 Å². The highest BCUT2D eigenvalue weighted by Gasteiger charge is 2.11. The van der Waals surface area contributed by atoms with Gasteiger partial charge in [0.05, 0.1) is 0 Å². The van der Waals surface area contributed by atoms with Crippen LogP contribution < -0.4 is 5.73 Å². The van der Waals surface area contributed by atoms with E-state index in [1.165, 1.54) is 16.7 Å². The SMILES string of the molecule is Cc1ccc(C(N)CN(C)CCN(C)C)c(C)c1. The lowest BCUT2D eigenvalue weighted by Gasteiger charge is -2.24. The second-order valence-corrected chi connectivity index (χ2v) is 5.53. The summed E-state index contributed by atoms with van der Waals surface area (Å²) in [5.74, 6) is 0. The molecule has 0 aliphatic heterocycles. The van der Waals surface area contributed by atoms with Crippen LogP contribution in [0.5, 0.6) is 0 Å². The standard InChI is InChI=1S/C15H27N3/c1-12-6-7-14(13(2)10-12)15(16)11-18(5)9-8-17(3)4/h6-7,10,15H,8-9,11,16H2,1-5H3. The molecule has 18 heavy (non-hydrogen) atoms. The summed E-state index contributed by atoms with van der Waals surface area (Å²) in [5, 5.41) is 0. The number of rotatable bonds is 6. The maximum absolute atomic E-state index is 6.30. The van der Waals surface area contributed by atoms with Gasteiger partial charge in [0.2, 0.25) is 0 Å². The maximum Gasteiger partial charge on any atom is 0.0426 e. The fraction of sp³-hybridized carbons (Fsp3) is 0.600. The first kappa shape index (κ1) is 15.2. The first-order valence-electron chi connectivity index (χ1n) is 6.56. The largest absolute Gasteiger partial charge is 0.323 e. The Morgan fingerprint density at radius 3 is 2.33 bits per heavy atom. The van der Waals surface area contributed by atoms with Gasteiger partial charge >= 0.3 is 0 Å². The van der Waals surface area contributed by atoms with Crippen LogP contribution in [0.15, 0.2) is 18.2 Å². The molecule has 1 atom stereocenters. The second kappa shape index (κ2) is 6.88. The molecule has 0 saturated heterocycles. The molecule has 0 radical (unpaired) electrons. The molecule has 0 aliphatic carbocycles. The van der Waals surface area contributed by atoms with Crippen molar-refractivity contribution < 1.29 is 0 Å². The minimum Gasteiger partial charge on any atom is -0.323 e. The Bertz CT molecular complexity index is 374. The highest BCUT2D eigenvalue weighted by Crippen LogP contribution is 2.17. The van der Waals surface area contributed by atoms with Gasteiger partial charge in [-0.15, -0.1) is 0 Å². The molecular weight excluding hydrogens is 222 g/mol. The summed E-state index contributed by atoms with van der Waals surface area (Å²) < 4.78 is 0. The molecule has 3 nitrogen and oxygen atoms in total. The number of nitrogens with two attached hydrogens (primary N) is 1. The van der Waals surface area contributed by atoms with Gasteiger partial charge in [0.25, 0.3) is 0 Å². The van der Waals surface area contributed by atoms with Crippen molar-refractivity contribution in [2.75, 3.05) is 40.8 Å². The van der Waals surface area contributed by atoms with E-state index >= 15 is 0 Å². The predicted octanol–water partition coefficient (Wildman–Crippen LogP) is 1.80. The molecule has 1 unspecified atom stereocenters. The van der Waals surface area contributed by atoms with Crippen LogP contribution in [-0.4, -0.2) is 50.6 Å². The molecule has 2 N–H and O–H groups in total. The minimum atomic E-state index is 0.0952. The summed E-state index contributed by atoms with van der Waals surface area (Å²) in [6.45, 7) is 7.27. The van der Waals surface area contributed by atoms with E-state index in [0.29, 0.717) is 0 Å². The highest BCUT2D eigenvalue weighted by molar-refractivity contribution is 5.32. The minimum absolute atomic E-state index is 0.0952. The van der Waals surface area contributed by atoms with Gasteiger partial charge in [0, 0.05) is 25.7 Å². The second-order valence-electron chi connectivity index (χ2n) is 5.53. The van der Waals surface area contributed by atoms with Crippen molar-refractivity contribution in [1.82, 2.24) is 9.80 Å². The van der Waals surface area contributed by atoms with Gasteiger partial charge in [-0.05, 0) is 46.1 Å². The first-order valence-corrected chi connectivity index (χ1v) is 6.56. The van der Waals surface area contributed by atoms with E-state index in [-0.39, 0.29) is 6.04 Å². The maximum atomic E-state index is 6.30. The Morgan fingerprint density at radius 2 is 1.78 bits per heavy atom. The van der Waals surface area contributed by atoms with E-state index in [4.69, 9.17) is 5.73 Å². The lowest BCUT2D eigenvalue weighted by molar-refractivity contribution is 0.269. The number of hydrogen-bond donors (Lipinski definition) is 1. The summed E-state index contributed by atoms with van der Waals surface area (Å²) in [6, 6.07) is 6.60. The molecule has 0 saturated carbocycles. The van der Waals surface area contributed by atoms with Crippen LogP contribution >= 0.6 is 0 Å². The van der Waals surface area contributed by atoms with Crippen molar-refractivity contribution in [3.63, 3.8) is 0 Å². The van der Waals surface area contributed by atoms with Gasteiger partial charge in [-0.3, -0.25) is 0 Å². The predicted molar refractivity (Wildman–Crippen MR) is 78.9 cm³/mol. The Kier molecular flexibility index (Phi) is 5.79. The smallest absolute Gasteiger partial charge is 0.0426 e. The third-order valence-electron chi connectivity index (χ3n) is 3.26. The van der Waals surface area contributed by atoms with E-state index in [1.807, 2.05) is 0 Å². The Balaban J connectivity index is 2.56. The summed E-state index contributed by atoms with van der Waals surface area (Å²) in [4.78, 5) is 4.49. The van der Waals surface area contributed by atoms with E-state index in [2.05, 4.69) is 63.0 Å². The Morgan fingerprint density at radius 1 is 1.11 bits per heavy atom. The normalized spacial score (nSPS) is 13.3. The monoisotopic (exact) mass is 249 g/mol. The van der Waals surface area contributed by atoms with E-state index < -0.39 is 0 Å². The Labute approximate surface area is 112 Å². The van der Waals surface area contributed by atoms with Crippen molar-refractivity contribution in [3.05, 3.63) is 34.9 Å². The number of likely N-dealkylation sites (N-methyl/N-ethyl adjacent to an activating group) is 2. The molecule has 0 bridgehead atoms. The molecule has 1 rings (SSSR count). The van der Waals surface area contributed by atoms with Crippen LogP contribution in [-0.2, 0) is 0 Å². The molecule has 1 aromatic rings. The fourth-order valence-corrected chi connectivity index (χ4v) is 2.14. The van der Waals surface area contributed by atoms with Crippen LogP contribution in [0.2, 0.25) is 0 Å². The molecule has 3 heteroatoms. The van der Waals surface area contributed by atoms with E-state index in [0.717, 1.165) is 19.6 Å². The van der Waals surface area contributed by atoms with Crippen molar-refractivity contribution in [2.45, 2.75) is 19.9 Å². The molecule has 0 aliphatic rings. The van der Waals surface area contributed by atoms with Crippen molar-refractivity contribution in [3.8, 4) is 0 Å². The zero-order valence-electron chi connectivity index (χ0n) is 12.4. The molecule has 0 fully saturated rings. The summed E-state index contributed by atoms with van der Waals surface area (Å²) in [5.41, 5.74) is 10.1. The third kappa shape index (κ3) is 4.77. The molecular formula is C15H27N3. The first-order chi connectivity index (χ1) is 8.40. The highest BCUT2D eigenvalue weighted by atomic mass is 15.2. The van der Waals surface area contributed by atoms with E-state index in [1.54, 1.807) is 0 Å². The number of aryl methyl sites for hydroxylation is 2. The third-order valence-corrected chi connectivity index (χ3v) is 3.26. The van der Waals surface area contributed by atoms with E-state index in [9.17, 15) is 0 Å². The number of hydrogen-bond acceptors (Lipinski definition) is 3. The zero-order chi connectivity index (χ0) is 13.7. The van der Waals surface area contributed by atoms with Crippen LogP contribution in [0.4, 0.5) is 0 Å². The molecule has 1 aromatic carbocycles. The lowest BCUT2D eigenvalue weighted by atomic mass is 9.99. The molecule has 0 spiro atoms. The van der Waals surface area contributed by atoms with Gasteiger partial charge in [0.1, 0.15) is 0 Å². The number of nitrogens with zero attached hydrogens (tertiary/aromatic N) is 2. The molecule has 0 heterocycles. The van der Waals surface area contributed by atoms with Crippen LogP contribution in [0.3, 0.4) is 0 Å². The van der Waals surface area contributed by atoms with Crippen LogP contribution in [0.25, 0.3) is 0 Å². The molecule has 0 amide bonds. The van der Waals surface area contributed by atoms with Crippen molar-refractivity contribution >= 4 is 0 Å². The fourth-order valence-electron chi connectivity index (χ4n) is 2.14. The van der Waals surface area contributed by atoms with Gasteiger partial charge in [-0.1, -0.05) is 23.8 Å². The van der Waals surface area contributed by atoms with Gasteiger partial charge in [-0.25, -0.2) is 0 Å². The molecule has 102 valence electrons. The zero-order valence-corrected chi connectivity index (χ0v) is 12.4. The summed E-state index contributed by atoms with van der Waals surface area (Å²) in [6.07, 6.45) is 0. The molecule has 0 aromatic heterocycles. The van der Waals surface area contributed by atoms with Crippen molar-refractivity contribution in [2.24, 2.45) is 5.73 Å². The van der Waals surface area contributed by atoms with Crippen LogP contribution in [0.1, 0.15) is 22.7 Å². The van der Waals surface area contributed by atoms with Gasteiger partial charge in [-0.2, -0.15) is 0 Å².